The van der Waals surface area contributed by atoms with Gasteiger partial charge in [-0.05, 0) is 59.2 Å². The van der Waals surface area contributed by atoms with Crippen LogP contribution in [0.4, 0.5) is 5.69 Å². The number of benzene rings is 2. The molecule has 1 aromatic heterocycles. The Hall–Kier alpha value is -0.810. The molecule has 0 saturated heterocycles. The van der Waals surface area contributed by atoms with Crippen LogP contribution in [0, 0.1) is 3.57 Å². The number of oxazole rings is 1. The number of amides is 1. The normalized spacial score (nSPS) is 16.9. The molecule has 1 aliphatic rings. The Labute approximate surface area is 177 Å². The average molecular weight is 576 g/mol. The third-order valence-electron chi connectivity index (χ3n) is 4.11. The summed E-state index contributed by atoms with van der Waals surface area (Å²) >= 11 is 6.04. The van der Waals surface area contributed by atoms with Crippen LogP contribution in [0.25, 0.3) is 11.1 Å². The molecule has 0 bridgehead atoms. The Kier molecular flexibility index (Phi) is 5.23. The minimum absolute atomic E-state index is 0.0942. The predicted molar refractivity (Wildman–Crippen MR) is 118 cm³/mol. The number of alkyl halides is 1. The van der Waals surface area contributed by atoms with Gasteiger partial charge in [-0.15, -0.1) is 0 Å². The van der Waals surface area contributed by atoms with Crippen molar-refractivity contribution in [2.45, 2.75) is 22.1 Å². The number of nitrogens with zero attached hydrogens (tertiary/aromatic N) is 2. The van der Waals surface area contributed by atoms with Gasteiger partial charge in [-0.2, -0.15) is 0 Å². The van der Waals surface area contributed by atoms with Gasteiger partial charge < -0.3 is 4.42 Å². The SMILES string of the molecule is O=C(CSc1nc2ccccc2o1)N1c2c(I)cccc2CCC1I. The first-order chi connectivity index (χ1) is 12.1. The second-order valence-electron chi connectivity index (χ2n) is 5.72. The highest BCUT2D eigenvalue weighted by atomic mass is 127. The van der Waals surface area contributed by atoms with Gasteiger partial charge in [0.2, 0.25) is 5.91 Å². The maximum atomic E-state index is 12.9. The lowest BCUT2D eigenvalue weighted by Crippen LogP contribution is -2.42. The van der Waals surface area contributed by atoms with Gasteiger partial charge in [-0.1, -0.05) is 58.6 Å². The smallest absolute Gasteiger partial charge is 0.257 e. The summed E-state index contributed by atoms with van der Waals surface area (Å²) in [5.41, 5.74) is 3.89. The van der Waals surface area contributed by atoms with Gasteiger partial charge in [0.05, 0.1) is 15.5 Å². The van der Waals surface area contributed by atoms with Gasteiger partial charge in [0.25, 0.3) is 5.22 Å². The zero-order valence-electron chi connectivity index (χ0n) is 13.1. The van der Waals surface area contributed by atoms with Crippen LogP contribution < -0.4 is 4.90 Å². The van der Waals surface area contributed by atoms with Gasteiger partial charge in [0.1, 0.15) is 5.52 Å². The van der Waals surface area contributed by atoms with Crippen molar-refractivity contribution in [1.82, 2.24) is 4.98 Å². The number of fused-ring (bicyclic) bond motifs is 2. The zero-order chi connectivity index (χ0) is 17.4. The number of carbonyl (C=O) groups is 1. The van der Waals surface area contributed by atoms with Gasteiger partial charge in [-0.25, -0.2) is 4.98 Å². The summed E-state index contributed by atoms with van der Waals surface area (Å²) < 4.78 is 7.00. The summed E-state index contributed by atoms with van der Waals surface area (Å²) in [6.45, 7) is 0. The lowest BCUT2D eigenvalue weighted by Gasteiger charge is -2.34. The molecule has 1 unspecified atom stereocenters. The van der Waals surface area contributed by atoms with Crippen LogP contribution in [0.2, 0.25) is 0 Å². The van der Waals surface area contributed by atoms with Crippen LogP contribution in [0.1, 0.15) is 12.0 Å². The molecule has 0 saturated carbocycles. The van der Waals surface area contributed by atoms with E-state index >= 15 is 0 Å². The molecule has 1 amide bonds. The Morgan fingerprint density at radius 3 is 2.96 bits per heavy atom. The first kappa shape index (κ1) is 17.6. The van der Waals surface area contributed by atoms with Crippen molar-refractivity contribution in [3.63, 3.8) is 0 Å². The monoisotopic (exact) mass is 576 g/mol. The van der Waals surface area contributed by atoms with E-state index < -0.39 is 0 Å². The lowest BCUT2D eigenvalue weighted by molar-refractivity contribution is -0.116. The van der Waals surface area contributed by atoms with Crippen LogP contribution >= 0.6 is 56.9 Å². The van der Waals surface area contributed by atoms with E-state index in [0.29, 0.717) is 11.0 Å². The number of carbonyl (C=O) groups excluding carboxylic acids is 1. The molecule has 0 aliphatic carbocycles. The van der Waals surface area contributed by atoms with Crippen molar-refractivity contribution in [3.05, 3.63) is 51.6 Å². The topological polar surface area (TPSA) is 46.3 Å². The second-order valence-corrected chi connectivity index (χ2v) is 9.25. The highest BCUT2D eigenvalue weighted by Crippen LogP contribution is 2.37. The quantitative estimate of drug-likeness (QED) is 0.185. The fourth-order valence-electron chi connectivity index (χ4n) is 2.96. The van der Waals surface area contributed by atoms with E-state index in [-0.39, 0.29) is 9.96 Å². The van der Waals surface area contributed by atoms with E-state index in [1.54, 1.807) is 0 Å². The van der Waals surface area contributed by atoms with Gasteiger partial charge in [-0.3, -0.25) is 9.69 Å². The van der Waals surface area contributed by atoms with E-state index in [1.165, 1.54) is 17.3 Å². The van der Waals surface area contributed by atoms with Crippen molar-refractivity contribution >= 4 is 79.6 Å². The van der Waals surface area contributed by atoms with Gasteiger partial charge >= 0.3 is 0 Å². The van der Waals surface area contributed by atoms with Crippen LogP contribution in [0.15, 0.2) is 52.1 Å². The standard InChI is InChI=1S/C18H14I2N2O2S/c19-12-5-3-4-11-8-9-15(20)22(17(11)12)16(23)10-25-18-21-13-6-1-2-7-14(13)24-18/h1-7,15H,8-10H2. The molecule has 4 rings (SSSR count). The minimum Gasteiger partial charge on any atom is -0.431 e. The van der Waals surface area contributed by atoms with Crippen molar-refractivity contribution in [2.75, 3.05) is 10.7 Å². The molecule has 0 N–H and O–H groups in total. The number of hydrogen-bond donors (Lipinski definition) is 0. The largest absolute Gasteiger partial charge is 0.431 e. The number of thioether (sulfide) groups is 1. The van der Waals surface area contributed by atoms with Crippen molar-refractivity contribution in [2.24, 2.45) is 0 Å². The fourth-order valence-corrected chi connectivity index (χ4v) is 5.37. The second kappa shape index (κ2) is 7.43. The molecule has 1 atom stereocenters. The van der Waals surface area contributed by atoms with E-state index in [2.05, 4.69) is 68.4 Å². The molecule has 1 aliphatic heterocycles. The van der Waals surface area contributed by atoms with E-state index in [4.69, 9.17) is 4.42 Å². The molecule has 0 fully saturated rings. The molecule has 4 nitrogen and oxygen atoms in total. The summed E-state index contributed by atoms with van der Waals surface area (Å²) in [4.78, 5) is 19.3. The van der Waals surface area contributed by atoms with Crippen LogP contribution in [0.5, 0.6) is 0 Å². The first-order valence-corrected chi connectivity index (χ1v) is 11.2. The summed E-state index contributed by atoms with van der Waals surface area (Å²) in [6.07, 6.45) is 1.99. The maximum absolute atomic E-state index is 12.9. The third kappa shape index (κ3) is 3.55. The van der Waals surface area contributed by atoms with Crippen LogP contribution in [0.3, 0.4) is 0 Å². The minimum atomic E-state index is 0.0942. The van der Waals surface area contributed by atoms with E-state index in [1.807, 2.05) is 29.2 Å². The summed E-state index contributed by atoms with van der Waals surface area (Å²) in [6, 6.07) is 13.9. The highest BCUT2D eigenvalue weighted by molar-refractivity contribution is 14.1. The first-order valence-electron chi connectivity index (χ1n) is 7.85. The molecule has 2 heterocycles. The van der Waals surface area contributed by atoms with Crippen LogP contribution in [-0.2, 0) is 11.2 Å². The van der Waals surface area contributed by atoms with Crippen molar-refractivity contribution in [3.8, 4) is 0 Å². The Morgan fingerprint density at radius 1 is 1.28 bits per heavy atom. The maximum Gasteiger partial charge on any atom is 0.257 e. The average Bonchev–Trinajstić information content (AvgIpc) is 3.03. The fraction of sp³-hybridized carbons (Fsp3) is 0.222. The summed E-state index contributed by atoms with van der Waals surface area (Å²) in [5, 5.41) is 0.541. The molecule has 25 heavy (non-hydrogen) atoms. The molecule has 0 radical (unpaired) electrons. The Bertz CT molecular complexity index is 911. The highest BCUT2D eigenvalue weighted by Gasteiger charge is 2.31. The number of hydrogen-bond acceptors (Lipinski definition) is 4. The van der Waals surface area contributed by atoms with Gasteiger partial charge in [0.15, 0.2) is 5.58 Å². The number of halogens is 2. The van der Waals surface area contributed by atoms with E-state index in [9.17, 15) is 4.79 Å². The van der Waals surface area contributed by atoms with Crippen molar-refractivity contribution in [1.29, 1.82) is 0 Å². The number of aryl methyl sites for hydroxylation is 1. The molecular formula is C18H14I2N2O2S. The lowest BCUT2D eigenvalue weighted by atomic mass is 10.0. The molecule has 3 aromatic rings. The van der Waals surface area contributed by atoms with Gasteiger partial charge in [0, 0.05) is 3.57 Å². The zero-order valence-corrected chi connectivity index (χ0v) is 18.2. The van der Waals surface area contributed by atoms with Crippen molar-refractivity contribution < 1.29 is 9.21 Å². The number of aromatic nitrogens is 1. The molecule has 7 heteroatoms. The Balaban J connectivity index is 1.55. The summed E-state index contributed by atoms with van der Waals surface area (Å²) in [7, 11) is 0. The van der Waals surface area contributed by atoms with Crippen LogP contribution in [-0.4, -0.2) is 20.7 Å². The molecule has 0 spiro atoms. The predicted octanol–water partition coefficient (Wildman–Crippen LogP) is 5.27. The molecule has 2 aromatic carbocycles. The molecule has 128 valence electrons. The number of anilines is 1. The number of rotatable bonds is 3. The third-order valence-corrected chi connectivity index (χ3v) is 6.97. The molecular weight excluding hydrogens is 562 g/mol. The van der Waals surface area contributed by atoms with E-state index in [0.717, 1.165) is 33.2 Å². The summed E-state index contributed by atoms with van der Waals surface area (Å²) in [5.74, 6) is 0.410. The Morgan fingerprint density at radius 2 is 2.12 bits per heavy atom. The number of para-hydroxylation sites is 3.